The van der Waals surface area contributed by atoms with E-state index in [1.54, 1.807) is 14.1 Å². The van der Waals surface area contributed by atoms with Crippen LogP contribution in [0.25, 0.3) is 0 Å². The summed E-state index contributed by atoms with van der Waals surface area (Å²) >= 11 is 0. The minimum absolute atomic E-state index is 0.122. The molecular weight excluding hydrogens is 358 g/mol. The zero-order chi connectivity index (χ0) is 21.4. The van der Waals surface area contributed by atoms with Crippen LogP contribution in [0.2, 0.25) is 0 Å². The molecule has 0 atom stereocenters. The number of hydrogen-bond acceptors (Lipinski definition) is 3. The van der Waals surface area contributed by atoms with Gasteiger partial charge in [0.05, 0.1) is 0 Å². The molecule has 0 saturated carbocycles. The van der Waals surface area contributed by atoms with E-state index < -0.39 is 0 Å². The fourth-order valence-corrected chi connectivity index (χ4v) is 3.65. The maximum absolute atomic E-state index is 11.4. The molecule has 0 aliphatic heterocycles. The molecule has 0 radical (unpaired) electrons. The van der Waals surface area contributed by atoms with Gasteiger partial charge in [-0.15, -0.1) is 5.06 Å². The van der Waals surface area contributed by atoms with Crippen molar-refractivity contribution in [3.63, 3.8) is 0 Å². The smallest absolute Gasteiger partial charge is 0.325 e. The first kappa shape index (κ1) is 28.2. The molecule has 0 aromatic rings. The maximum Gasteiger partial charge on any atom is 0.325 e. The van der Waals surface area contributed by atoms with E-state index in [1.165, 1.54) is 108 Å². The minimum Gasteiger partial charge on any atom is -0.369 e. The molecule has 0 bridgehead atoms. The van der Waals surface area contributed by atoms with Crippen LogP contribution >= 0.6 is 0 Å². The number of carbonyl (C=O) groups excluding carboxylic acids is 1. The second-order valence-electron chi connectivity index (χ2n) is 8.73. The van der Waals surface area contributed by atoms with Crippen molar-refractivity contribution in [2.24, 2.45) is 0 Å². The fraction of sp³-hybridized carbons (Fsp3) is 0.885. The second kappa shape index (κ2) is 23.4. The quantitative estimate of drug-likeness (QED) is 0.102. The number of unbranched alkanes of at least 4 members (excludes halogenated alkanes) is 17. The van der Waals surface area contributed by atoms with E-state index in [-0.39, 0.29) is 5.97 Å². The Morgan fingerprint density at radius 3 is 1.41 bits per heavy atom. The van der Waals surface area contributed by atoms with Crippen LogP contribution in [0.3, 0.4) is 0 Å². The van der Waals surface area contributed by atoms with Gasteiger partial charge in [-0.25, -0.2) is 0 Å². The van der Waals surface area contributed by atoms with E-state index in [0.717, 1.165) is 19.3 Å². The summed E-state index contributed by atoms with van der Waals surface area (Å²) in [5.74, 6) is -0.122. The Balaban J connectivity index is 3.15. The lowest BCUT2D eigenvalue weighted by Crippen LogP contribution is -2.18. The summed E-state index contributed by atoms with van der Waals surface area (Å²) in [6.07, 6.45) is 30.7. The van der Waals surface area contributed by atoms with Crippen molar-refractivity contribution in [1.29, 1.82) is 0 Å². The Morgan fingerprint density at radius 2 is 1.00 bits per heavy atom. The highest BCUT2D eigenvalue weighted by atomic mass is 16.7. The first-order chi connectivity index (χ1) is 14.2. The monoisotopic (exact) mass is 409 g/mol. The highest BCUT2D eigenvalue weighted by Gasteiger charge is 2.03. The summed E-state index contributed by atoms with van der Waals surface area (Å²) in [5.41, 5.74) is 0. The highest BCUT2D eigenvalue weighted by Crippen LogP contribution is 2.13. The molecule has 0 aromatic carbocycles. The van der Waals surface area contributed by atoms with Crippen LogP contribution in [-0.2, 0) is 9.63 Å². The largest absolute Gasteiger partial charge is 0.369 e. The molecule has 3 heteroatoms. The Morgan fingerprint density at radius 1 is 0.621 bits per heavy atom. The summed E-state index contributed by atoms with van der Waals surface area (Å²) in [6.45, 7) is 2.29. The van der Waals surface area contributed by atoms with Crippen molar-refractivity contribution in [1.82, 2.24) is 5.06 Å². The molecule has 0 amide bonds. The van der Waals surface area contributed by atoms with Gasteiger partial charge in [-0.3, -0.25) is 4.79 Å². The predicted octanol–water partition coefficient (Wildman–Crippen LogP) is 8.38. The lowest BCUT2D eigenvalue weighted by atomic mass is 10.0. The van der Waals surface area contributed by atoms with Gasteiger partial charge in [0.25, 0.3) is 0 Å². The van der Waals surface area contributed by atoms with E-state index in [0.29, 0.717) is 6.42 Å². The molecule has 0 aliphatic carbocycles. The number of allylic oxidation sites excluding steroid dienone is 2. The Bertz CT molecular complexity index is 366. The molecule has 0 aliphatic rings. The van der Waals surface area contributed by atoms with Crippen LogP contribution < -0.4 is 0 Å². The summed E-state index contributed by atoms with van der Waals surface area (Å²) in [6, 6.07) is 0. The summed E-state index contributed by atoms with van der Waals surface area (Å²) in [7, 11) is 3.47. The van der Waals surface area contributed by atoms with E-state index >= 15 is 0 Å². The summed E-state index contributed by atoms with van der Waals surface area (Å²) in [4.78, 5) is 16.4. The van der Waals surface area contributed by atoms with E-state index in [4.69, 9.17) is 4.84 Å². The fourth-order valence-electron chi connectivity index (χ4n) is 3.65. The maximum atomic E-state index is 11.4. The predicted molar refractivity (Wildman–Crippen MR) is 127 cm³/mol. The van der Waals surface area contributed by atoms with Gasteiger partial charge in [0.15, 0.2) is 0 Å². The third-order valence-electron chi connectivity index (χ3n) is 5.43. The topological polar surface area (TPSA) is 29.5 Å². The number of hydroxylamine groups is 2. The Labute approximate surface area is 182 Å². The van der Waals surface area contributed by atoms with Crippen molar-refractivity contribution in [2.45, 2.75) is 135 Å². The molecule has 0 spiro atoms. The molecule has 0 unspecified atom stereocenters. The Hall–Kier alpha value is -0.830. The van der Waals surface area contributed by atoms with E-state index in [2.05, 4.69) is 19.1 Å². The zero-order valence-corrected chi connectivity index (χ0v) is 20.1. The number of hydrogen-bond donors (Lipinski definition) is 0. The van der Waals surface area contributed by atoms with Crippen LogP contribution in [0.5, 0.6) is 0 Å². The van der Waals surface area contributed by atoms with Crippen molar-refractivity contribution in [3.8, 4) is 0 Å². The van der Waals surface area contributed by atoms with E-state index in [1.807, 2.05) is 0 Å². The van der Waals surface area contributed by atoms with Crippen molar-refractivity contribution in [2.75, 3.05) is 14.1 Å². The van der Waals surface area contributed by atoms with Crippen LogP contribution in [0.1, 0.15) is 135 Å². The first-order valence-electron chi connectivity index (χ1n) is 12.7. The van der Waals surface area contributed by atoms with Crippen LogP contribution in [0.4, 0.5) is 0 Å². The van der Waals surface area contributed by atoms with Gasteiger partial charge in [0.2, 0.25) is 0 Å². The van der Waals surface area contributed by atoms with Gasteiger partial charge in [-0.05, 0) is 32.1 Å². The van der Waals surface area contributed by atoms with Crippen LogP contribution in [0.15, 0.2) is 12.2 Å². The van der Waals surface area contributed by atoms with Gasteiger partial charge >= 0.3 is 5.97 Å². The molecule has 0 N–H and O–H groups in total. The molecule has 29 heavy (non-hydrogen) atoms. The van der Waals surface area contributed by atoms with Gasteiger partial charge < -0.3 is 4.84 Å². The average molecular weight is 410 g/mol. The van der Waals surface area contributed by atoms with Crippen LogP contribution in [-0.4, -0.2) is 25.1 Å². The lowest BCUT2D eigenvalue weighted by molar-refractivity contribution is -0.178. The van der Waals surface area contributed by atoms with Crippen molar-refractivity contribution in [3.05, 3.63) is 12.2 Å². The number of rotatable bonds is 22. The standard InChI is InChI=1S/C26H51NO2/c1-4-5-6-7-8-9-10-11-12-13-14-15-16-17-18-19-20-21-22-23-24-25-26(28)29-27(2)3/h19-20H,4-18,21-25H2,1-3H3. The molecule has 172 valence electrons. The van der Waals surface area contributed by atoms with Crippen molar-refractivity contribution < 1.29 is 9.63 Å². The van der Waals surface area contributed by atoms with Crippen molar-refractivity contribution >= 4 is 5.97 Å². The summed E-state index contributed by atoms with van der Waals surface area (Å²) < 4.78 is 0. The van der Waals surface area contributed by atoms with Gasteiger partial charge in [-0.2, -0.15) is 0 Å². The average Bonchev–Trinajstić information content (AvgIpc) is 2.68. The molecule has 0 rings (SSSR count). The first-order valence-corrected chi connectivity index (χ1v) is 12.7. The van der Waals surface area contributed by atoms with Gasteiger partial charge in [0, 0.05) is 20.5 Å². The number of carbonyl (C=O) groups is 1. The zero-order valence-electron chi connectivity index (χ0n) is 20.1. The van der Waals surface area contributed by atoms with Crippen LogP contribution in [0, 0.1) is 0 Å². The third kappa shape index (κ3) is 25.1. The summed E-state index contributed by atoms with van der Waals surface area (Å²) in [5, 5.41) is 1.46. The molecular formula is C26H51NO2. The highest BCUT2D eigenvalue weighted by molar-refractivity contribution is 5.68. The minimum atomic E-state index is -0.122. The van der Waals surface area contributed by atoms with E-state index in [9.17, 15) is 4.79 Å². The lowest BCUT2D eigenvalue weighted by Gasteiger charge is -2.09. The third-order valence-corrected chi connectivity index (χ3v) is 5.43. The second-order valence-corrected chi connectivity index (χ2v) is 8.73. The normalized spacial score (nSPS) is 11.6. The molecule has 0 heterocycles. The van der Waals surface area contributed by atoms with Gasteiger partial charge in [-0.1, -0.05) is 109 Å². The molecule has 0 aromatic heterocycles. The van der Waals surface area contributed by atoms with Gasteiger partial charge in [0.1, 0.15) is 0 Å². The Kier molecular flexibility index (Phi) is 22.8. The molecule has 0 fully saturated rings. The number of nitrogens with zero attached hydrogens (tertiary/aromatic N) is 1. The molecule has 3 nitrogen and oxygen atoms in total. The SMILES string of the molecule is CCCCCCCCCCCCCCCCC=CCCCCCC(=O)ON(C)C. The molecule has 0 saturated heterocycles.